The fraction of sp³-hybridized carbons (Fsp3) is 0.615. The van der Waals surface area contributed by atoms with Gasteiger partial charge in [0.25, 0.3) is 0 Å². The summed E-state index contributed by atoms with van der Waals surface area (Å²) in [6.45, 7) is 0. The Hall–Kier alpha value is -0.520. The van der Waals surface area contributed by atoms with Gasteiger partial charge in [-0.2, -0.15) is 0 Å². The molecule has 13 heavy (non-hydrogen) atoms. The Morgan fingerprint density at radius 1 is 1.00 bits per heavy atom. The van der Waals surface area contributed by atoms with E-state index in [0.29, 0.717) is 0 Å². The molecule has 0 bridgehead atoms. The smallest absolute Gasteiger partial charge is 0.00973 e. The molecule has 0 spiro atoms. The fourth-order valence-corrected chi connectivity index (χ4v) is 2.23. The molecule has 2 aliphatic carbocycles. The van der Waals surface area contributed by atoms with Gasteiger partial charge in [0.05, 0.1) is 0 Å². The predicted octanol–water partition coefficient (Wildman–Crippen LogP) is 4.19. The molecule has 0 aromatic carbocycles. The highest BCUT2D eigenvalue weighted by molar-refractivity contribution is 5.21. The Morgan fingerprint density at radius 3 is 2.62 bits per heavy atom. The molecule has 0 nitrogen and oxygen atoms in total. The Bertz CT molecular complexity index is 220. The third-order valence-corrected chi connectivity index (χ3v) is 3.09. The summed E-state index contributed by atoms with van der Waals surface area (Å²) in [6, 6.07) is 0. The highest BCUT2D eigenvalue weighted by Crippen LogP contribution is 2.26. The topological polar surface area (TPSA) is 0 Å². The molecule has 71 valence electrons. The zero-order valence-corrected chi connectivity index (χ0v) is 8.39. The minimum atomic E-state index is 1.23. The maximum Gasteiger partial charge on any atom is -0.00973 e. The number of allylic oxidation sites excluding steroid dienone is 4. The van der Waals surface area contributed by atoms with E-state index in [4.69, 9.17) is 0 Å². The van der Waals surface area contributed by atoms with Crippen LogP contribution < -0.4 is 0 Å². The van der Waals surface area contributed by atoms with Gasteiger partial charge in [-0.3, -0.25) is 0 Å². The second-order valence-corrected chi connectivity index (χ2v) is 4.19. The maximum absolute atomic E-state index is 2.45. The predicted molar refractivity (Wildman–Crippen MR) is 57.4 cm³/mol. The van der Waals surface area contributed by atoms with Crippen LogP contribution in [-0.2, 0) is 0 Å². The van der Waals surface area contributed by atoms with E-state index in [-0.39, 0.29) is 0 Å². The van der Waals surface area contributed by atoms with Crippen LogP contribution in [0.3, 0.4) is 0 Å². The van der Waals surface area contributed by atoms with Crippen LogP contribution >= 0.6 is 0 Å². The normalized spacial score (nSPS) is 22.8. The van der Waals surface area contributed by atoms with Crippen LogP contribution in [0.2, 0.25) is 0 Å². The molecule has 0 atom stereocenters. The first-order chi connectivity index (χ1) is 6.45. The molecular formula is C13H19. The van der Waals surface area contributed by atoms with Crippen molar-refractivity contribution in [3.63, 3.8) is 0 Å². The first kappa shape index (κ1) is 9.05. The van der Waals surface area contributed by atoms with Crippen molar-refractivity contribution in [1.29, 1.82) is 0 Å². The summed E-state index contributed by atoms with van der Waals surface area (Å²) in [5.41, 5.74) is 3.28. The van der Waals surface area contributed by atoms with E-state index in [1.165, 1.54) is 51.4 Å². The van der Waals surface area contributed by atoms with Crippen molar-refractivity contribution in [2.75, 3.05) is 0 Å². The van der Waals surface area contributed by atoms with Crippen molar-refractivity contribution in [1.82, 2.24) is 0 Å². The molecule has 0 N–H and O–H groups in total. The average Bonchev–Trinajstić information content (AvgIpc) is 2.69. The summed E-state index contributed by atoms with van der Waals surface area (Å²) in [5.74, 6) is 0. The summed E-state index contributed by atoms with van der Waals surface area (Å²) < 4.78 is 0. The molecule has 0 aromatic rings. The van der Waals surface area contributed by atoms with Crippen LogP contribution in [0.15, 0.2) is 23.3 Å². The highest BCUT2D eigenvalue weighted by Gasteiger charge is 2.07. The first-order valence-corrected chi connectivity index (χ1v) is 5.65. The quantitative estimate of drug-likeness (QED) is 0.564. The first-order valence-electron chi connectivity index (χ1n) is 5.65. The Labute approximate surface area is 81.7 Å². The summed E-state index contributed by atoms with van der Waals surface area (Å²) >= 11 is 0. The van der Waals surface area contributed by atoms with Crippen molar-refractivity contribution in [2.24, 2.45) is 0 Å². The molecule has 2 rings (SSSR count). The van der Waals surface area contributed by atoms with Crippen molar-refractivity contribution < 1.29 is 0 Å². The average molecular weight is 175 g/mol. The zero-order chi connectivity index (χ0) is 8.93. The number of hydrogen-bond acceptors (Lipinski definition) is 0. The molecule has 0 saturated carbocycles. The summed E-state index contributed by atoms with van der Waals surface area (Å²) in [6.07, 6.45) is 18.1. The molecule has 0 heteroatoms. The van der Waals surface area contributed by atoms with Gasteiger partial charge in [-0.15, -0.1) is 0 Å². The molecule has 0 fully saturated rings. The standard InChI is InChI=1S/C13H19/c1-2-6-12(7-3-1)10-11-13-8-4-5-9-13/h6,8,10H,1-5,7,9,11H2. The molecule has 0 heterocycles. The molecule has 0 aliphatic heterocycles. The van der Waals surface area contributed by atoms with Crippen molar-refractivity contribution in [3.8, 4) is 0 Å². The monoisotopic (exact) mass is 175 g/mol. The lowest BCUT2D eigenvalue weighted by Crippen LogP contribution is -1.93. The van der Waals surface area contributed by atoms with Gasteiger partial charge >= 0.3 is 0 Å². The zero-order valence-electron chi connectivity index (χ0n) is 8.39. The van der Waals surface area contributed by atoms with E-state index in [1.807, 2.05) is 0 Å². The van der Waals surface area contributed by atoms with E-state index in [2.05, 4.69) is 18.6 Å². The van der Waals surface area contributed by atoms with Gasteiger partial charge in [0, 0.05) is 0 Å². The molecule has 0 unspecified atom stereocenters. The van der Waals surface area contributed by atoms with Gasteiger partial charge in [-0.05, 0) is 57.8 Å². The molecular weight excluding hydrogens is 156 g/mol. The van der Waals surface area contributed by atoms with Crippen molar-refractivity contribution in [3.05, 3.63) is 29.7 Å². The third kappa shape index (κ3) is 2.72. The Morgan fingerprint density at radius 2 is 1.92 bits per heavy atom. The molecule has 0 amide bonds. The van der Waals surface area contributed by atoms with Crippen LogP contribution in [0.25, 0.3) is 0 Å². The number of hydrogen-bond donors (Lipinski definition) is 0. The van der Waals surface area contributed by atoms with Crippen molar-refractivity contribution in [2.45, 2.75) is 51.4 Å². The summed E-state index contributed by atoms with van der Waals surface area (Å²) in [4.78, 5) is 0. The van der Waals surface area contributed by atoms with E-state index in [0.717, 1.165) is 0 Å². The summed E-state index contributed by atoms with van der Waals surface area (Å²) in [7, 11) is 0. The van der Waals surface area contributed by atoms with E-state index in [9.17, 15) is 0 Å². The molecule has 1 radical (unpaired) electrons. The molecule has 0 aromatic heterocycles. The Kier molecular flexibility index (Phi) is 3.23. The van der Waals surface area contributed by atoms with E-state index >= 15 is 0 Å². The van der Waals surface area contributed by atoms with Crippen LogP contribution in [0, 0.1) is 6.42 Å². The number of rotatable bonds is 3. The van der Waals surface area contributed by atoms with Crippen molar-refractivity contribution >= 4 is 0 Å². The van der Waals surface area contributed by atoms with Gasteiger partial charge in [-0.1, -0.05) is 23.3 Å². The maximum atomic E-state index is 2.45. The Balaban J connectivity index is 1.74. The van der Waals surface area contributed by atoms with E-state index in [1.54, 1.807) is 11.1 Å². The van der Waals surface area contributed by atoms with Gasteiger partial charge in [0.2, 0.25) is 0 Å². The van der Waals surface area contributed by atoms with E-state index < -0.39 is 0 Å². The largest absolute Gasteiger partial charge is 0.0853 e. The van der Waals surface area contributed by atoms with Crippen LogP contribution in [0.4, 0.5) is 0 Å². The van der Waals surface area contributed by atoms with Gasteiger partial charge in [0.15, 0.2) is 0 Å². The van der Waals surface area contributed by atoms with Crippen LogP contribution in [-0.4, -0.2) is 0 Å². The second kappa shape index (κ2) is 4.64. The fourth-order valence-electron chi connectivity index (χ4n) is 2.23. The lowest BCUT2D eigenvalue weighted by molar-refractivity contribution is 0.700. The van der Waals surface area contributed by atoms with Gasteiger partial charge in [-0.25, -0.2) is 0 Å². The third-order valence-electron chi connectivity index (χ3n) is 3.09. The SMILES string of the molecule is [CH](CC1=CCCC1)C1=CCCCC1. The van der Waals surface area contributed by atoms with Gasteiger partial charge < -0.3 is 0 Å². The lowest BCUT2D eigenvalue weighted by Gasteiger charge is -2.12. The van der Waals surface area contributed by atoms with Crippen LogP contribution in [0.1, 0.15) is 51.4 Å². The van der Waals surface area contributed by atoms with Gasteiger partial charge in [0.1, 0.15) is 0 Å². The molecule has 0 saturated heterocycles. The lowest BCUT2D eigenvalue weighted by atomic mass is 9.94. The molecule has 2 aliphatic rings. The highest BCUT2D eigenvalue weighted by atomic mass is 14.1. The second-order valence-electron chi connectivity index (χ2n) is 4.19. The minimum Gasteiger partial charge on any atom is -0.0853 e. The van der Waals surface area contributed by atoms with Crippen LogP contribution in [0.5, 0.6) is 0 Å². The minimum absolute atomic E-state index is 1.23. The summed E-state index contributed by atoms with van der Waals surface area (Å²) in [5, 5.41) is 0.